The van der Waals surface area contributed by atoms with Crippen LogP contribution >= 0.6 is 0 Å². The molecule has 0 unspecified atom stereocenters. The molecule has 0 saturated heterocycles. The fourth-order valence-electron chi connectivity index (χ4n) is 1.69. The lowest BCUT2D eigenvalue weighted by Crippen LogP contribution is -2.41. The van der Waals surface area contributed by atoms with Crippen LogP contribution < -0.4 is 10.6 Å². The number of furan rings is 2. The van der Waals surface area contributed by atoms with Crippen molar-refractivity contribution in [3.8, 4) is 0 Å². The van der Waals surface area contributed by atoms with Crippen molar-refractivity contribution in [3.63, 3.8) is 0 Å². The third kappa shape index (κ3) is 6.08. The van der Waals surface area contributed by atoms with Gasteiger partial charge in [-0.2, -0.15) is 0 Å². The van der Waals surface area contributed by atoms with Crippen LogP contribution in [0.25, 0.3) is 0 Å². The van der Waals surface area contributed by atoms with Gasteiger partial charge in [0, 0.05) is 6.42 Å². The summed E-state index contributed by atoms with van der Waals surface area (Å²) in [6.45, 7) is -0.375. The number of hydrogen-bond donors (Lipinski definition) is 2. The molecule has 0 aliphatic carbocycles. The number of imide groups is 1. The highest BCUT2D eigenvalue weighted by atomic mass is 16.5. The Morgan fingerprint density at radius 2 is 1.74 bits per heavy atom. The fourth-order valence-corrected chi connectivity index (χ4v) is 1.69. The van der Waals surface area contributed by atoms with Crippen LogP contribution in [-0.2, 0) is 27.3 Å². The van der Waals surface area contributed by atoms with Gasteiger partial charge in [-0.05, 0) is 24.3 Å². The van der Waals surface area contributed by atoms with Crippen LogP contribution in [0.5, 0.6) is 0 Å². The summed E-state index contributed by atoms with van der Waals surface area (Å²) in [5.41, 5.74) is 0. The highest BCUT2D eigenvalue weighted by Crippen LogP contribution is 2.04. The van der Waals surface area contributed by atoms with Gasteiger partial charge in [0.15, 0.2) is 6.61 Å². The van der Waals surface area contributed by atoms with Gasteiger partial charge in [-0.1, -0.05) is 0 Å². The molecule has 0 aliphatic heterocycles. The first-order chi connectivity index (χ1) is 11.1. The molecule has 0 saturated carbocycles. The first kappa shape index (κ1) is 16.3. The van der Waals surface area contributed by atoms with Crippen LogP contribution in [0.4, 0.5) is 4.79 Å². The van der Waals surface area contributed by atoms with Crippen molar-refractivity contribution < 1.29 is 28.0 Å². The summed E-state index contributed by atoms with van der Waals surface area (Å²) >= 11 is 0. The fraction of sp³-hybridized carbons (Fsp3) is 0.267. The predicted molar refractivity (Wildman–Crippen MR) is 77.1 cm³/mol. The highest BCUT2D eigenvalue weighted by molar-refractivity contribution is 5.95. The van der Waals surface area contributed by atoms with E-state index in [0.29, 0.717) is 17.9 Å². The van der Waals surface area contributed by atoms with Crippen molar-refractivity contribution >= 4 is 17.9 Å². The topological polar surface area (TPSA) is 111 Å². The Labute approximate surface area is 131 Å². The molecule has 0 aromatic carbocycles. The lowest BCUT2D eigenvalue weighted by Gasteiger charge is -2.06. The van der Waals surface area contributed by atoms with Gasteiger partial charge in [0.1, 0.15) is 11.5 Å². The molecule has 0 aliphatic rings. The lowest BCUT2D eigenvalue weighted by atomic mass is 10.2. The number of rotatable bonds is 7. The maximum atomic E-state index is 11.5. The van der Waals surface area contributed by atoms with Crippen LogP contribution in [0.2, 0.25) is 0 Å². The SMILES string of the molecule is O=C(COC(=O)CCc1ccco1)NC(=O)NCc1ccco1. The molecule has 2 aromatic rings. The van der Waals surface area contributed by atoms with Crippen molar-refractivity contribution in [2.75, 3.05) is 6.61 Å². The van der Waals surface area contributed by atoms with E-state index in [2.05, 4.69) is 5.32 Å². The normalized spacial score (nSPS) is 10.1. The minimum atomic E-state index is -0.715. The molecular formula is C15H16N2O6. The van der Waals surface area contributed by atoms with Crippen LogP contribution in [-0.4, -0.2) is 24.5 Å². The summed E-state index contributed by atoms with van der Waals surface area (Å²) in [7, 11) is 0. The molecule has 3 amide bonds. The van der Waals surface area contributed by atoms with Crippen LogP contribution in [0.1, 0.15) is 17.9 Å². The molecular weight excluding hydrogens is 304 g/mol. The second kappa shape index (κ2) is 8.42. The largest absolute Gasteiger partial charge is 0.469 e. The molecule has 2 N–H and O–H groups in total. The van der Waals surface area contributed by atoms with Gasteiger partial charge in [-0.15, -0.1) is 0 Å². The summed E-state index contributed by atoms with van der Waals surface area (Å²) < 4.78 is 14.9. The smallest absolute Gasteiger partial charge is 0.321 e. The number of amides is 3. The number of aryl methyl sites for hydroxylation is 1. The molecule has 8 nitrogen and oxygen atoms in total. The molecule has 2 rings (SSSR count). The number of carbonyl (C=O) groups is 3. The van der Waals surface area contributed by atoms with Gasteiger partial charge in [0.25, 0.3) is 5.91 Å². The average Bonchev–Trinajstić information content (AvgIpc) is 3.22. The Balaban J connectivity index is 1.58. The van der Waals surface area contributed by atoms with Crippen LogP contribution in [0.15, 0.2) is 45.6 Å². The Bertz CT molecular complexity index is 633. The molecule has 0 bridgehead atoms. The number of ether oxygens (including phenoxy) is 1. The summed E-state index contributed by atoms with van der Waals surface area (Å²) in [4.78, 5) is 34.4. The first-order valence-corrected chi connectivity index (χ1v) is 6.91. The van der Waals surface area contributed by atoms with E-state index < -0.39 is 24.5 Å². The molecule has 0 spiro atoms. The minimum absolute atomic E-state index is 0.0888. The molecule has 8 heteroatoms. The summed E-state index contributed by atoms with van der Waals surface area (Å²) in [6.07, 6.45) is 3.46. The van der Waals surface area contributed by atoms with Gasteiger partial charge in [0.05, 0.1) is 25.5 Å². The second-order valence-electron chi connectivity index (χ2n) is 4.55. The van der Waals surface area contributed by atoms with Crippen molar-refractivity contribution in [3.05, 3.63) is 48.3 Å². The zero-order chi connectivity index (χ0) is 16.5. The van der Waals surface area contributed by atoms with Crippen molar-refractivity contribution in [2.45, 2.75) is 19.4 Å². The van der Waals surface area contributed by atoms with E-state index in [1.165, 1.54) is 12.5 Å². The van der Waals surface area contributed by atoms with Crippen molar-refractivity contribution in [2.24, 2.45) is 0 Å². The summed E-state index contributed by atoms with van der Waals surface area (Å²) in [5.74, 6) is -0.0542. The van der Waals surface area contributed by atoms with E-state index in [0.717, 1.165) is 0 Å². The molecule has 2 heterocycles. The predicted octanol–water partition coefficient (Wildman–Crippen LogP) is 1.37. The third-order valence-corrected chi connectivity index (χ3v) is 2.78. The standard InChI is InChI=1S/C15H16N2O6/c18-13(17-15(20)16-9-12-4-2-8-22-12)10-23-14(19)6-5-11-3-1-7-21-11/h1-4,7-8H,5-6,9-10H2,(H2,16,17,18,20). The number of urea groups is 1. The van der Waals surface area contributed by atoms with Gasteiger partial charge in [-0.25, -0.2) is 4.79 Å². The van der Waals surface area contributed by atoms with Crippen molar-refractivity contribution in [1.29, 1.82) is 0 Å². The van der Waals surface area contributed by atoms with Crippen LogP contribution in [0, 0.1) is 0 Å². The Hall–Kier alpha value is -3.03. The number of hydrogen-bond acceptors (Lipinski definition) is 6. The van der Waals surface area contributed by atoms with Gasteiger partial charge in [-0.3, -0.25) is 14.9 Å². The van der Waals surface area contributed by atoms with E-state index in [9.17, 15) is 14.4 Å². The number of nitrogens with one attached hydrogen (secondary N) is 2. The zero-order valence-electron chi connectivity index (χ0n) is 12.2. The highest BCUT2D eigenvalue weighted by Gasteiger charge is 2.11. The van der Waals surface area contributed by atoms with Gasteiger partial charge in [0.2, 0.25) is 0 Å². The molecule has 2 aromatic heterocycles. The zero-order valence-corrected chi connectivity index (χ0v) is 12.2. The van der Waals surface area contributed by atoms with E-state index in [1.807, 2.05) is 5.32 Å². The van der Waals surface area contributed by atoms with E-state index in [1.54, 1.807) is 24.3 Å². The summed E-state index contributed by atoms with van der Waals surface area (Å²) in [6, 6.07) is 6.13. The Morgan fingerprint density at radius 3 is 2.39 bits per heavy atom. The van der Waals surface area contributed by atoms with Crippen molar-refractivity contribution in [1.82, 2.24) is 10.6 Å². The second-order valence-corrected chi connectivity index (χ2v) is 4.55. The molecule has 0 radical (unpaired) electrons. The lowest BCUT2D eigenvalue weighted by molar-refractivity contribution is -0.148. The quantitative estimate of drug-likeness (QED) is 0.746. The van der Waals surface area contributed by atoms with E-state index >= 15 is 0 Å². The first-order valence-electron chi connectivity index (χ1n) is 6.91. The van der Waals surface area contributed by atoms with Gasteiger partial charge >= 0.3 is 12.0 Å². The Kier molecular flexibility index (Phi) is 5.98. The van der Waals surface area contributed by atoms with E-state index in [-0.39, 0.29) is 13.0 Å². The molecule has 23 heavy (non-hydrogen) atoms. The number of carbonyl (C=O) groups excluding carboxylic acids is 3. The van der Waals surface area contributed by atoms with Crippen LogP contribution in [0.3, 0.4) is 0 Å². The minimum Gasteiger partial charge on any atom is -0.469 e. The maximum Gasteiger partial charge on any atom is 0.321 e. The maximum absolute atomic E-state index is 11.5. The van der Waals surface area contributed by atoms with E-state index in [4.69, 9.17) is 13.6 Å². The third-order valence-electron chi connectivity index (χ3n) is 2.78. The average molecular weight is 320 g/mol. The van der Waals surface area contributed by atoms with Gasteiger partial charge < -0.3 is 18.9 Å². The molecule has 0 fully saturated rings. The molecule has 0 atom stereocenters. The Morgan fingerprint density at radius 1 is 1.04 bits per heavy atom. The monoisotopic (exact) mass is 320 g/mol. The summed E-state index contributed by atoms with van der Waals surface area (Å²) in [5, 5.41) is 4.47. The molecule has 122 valence electrons. The number of esters is 1.